The zero-order valence-corrected chi connectivity index (χ0v) is 16.9. The van der Waals surface area contributed by atoms with Crippen molar-refractivity contribution in [1.29, 1.82) is 0 Å². The van der Waals surface area contributed by atoms with Gasteiger partial charge in [0.1, 0.15) is 17.5 Å². The lowest BCUT2D eigenvalue weighted by atomic mass is 10.0. The normalized spacial score (nSPS) is 17.5. The Morgan fingerprint density at radius 3 is 2.63 bits per heavy atom. The van der Waals surface area contributed by atoms with Crippen molar-refractivity contribution in [2.75, 3.05) is 11.9 Å². The summed E-state index contributed by atoms with van der Waals surface area (Å²) in [6, 6.07) is 7.43. The topological polar surface area (TPSA) is 112 Å². The number of hydrogen-bond donors (Lipinski definition) is 1. The van der Waals surface area contributed by atoms with E-state index in [0.717, 1.165) is 11.3 Å². The van der Waals surface area contributed by atoms with Crippen LogP contribution in [-0.2, 0) is 11.3 Å². The number of rotatable bonds is 4. The largest absolute Gasteiger partial charge is 0.363 e. The SMILES string of the molecule is Cc1cc2n(n1)CC[C@@H](c1nc(C(N)=O)nn1C(C)c1ccc(F)cc1)C(=O)N2C. The van der Waals surface area contributed by atoms with Gasteiger partial charge in [0.05, 0.1) is 17.7 Å². The molecule has 2 amide bonds. The molecule has 3 aromatic rings. The number of primary amides is 1. The fourth-order valence-electron chi connectivity index (χ4n) is 3.77. The van der Waals surface area contributed by atoms with Crippen LogP contribution in [0, 0.1) is 12.7 Å². The van der Waals surface area contributed by atoms with Gasteiger partial charge in [0.25, 0.3) is 5.91 Å². The van der Waals surface area contributed by atoms with Crippen molar-refractivity contribution in [1.82, 2.24) is 24.5 Å². The van der Waals surface area contributed by atoms with E-state index in [9.17, 15) is 14.0 Å². The number of nitrogens with zero attached hydrogens (tertiary/aromatic N) is 6. The number of halogens is 1. The third-order valence-electron chi connectivity index (χ3n) is 5.39. The summed E-state index contributed by atoms with van der Waals surface area (Å²) in [5.41, 5.74) is 7.00. The molecule has 2 aromatic heterocycles. The highest BCUT2D eigenvalue weighted by atomic mass is 19.1. The Kier molecular flexibility index (Phi) is 4.84. The van der Waals surface area contributed by atoms with Crippen molar-refractivity contribution in [3.05, 3.63) is 59.1 Å². The lowest BCUT2D eigenvalue weighted by Crippen LogP contribution is -2.32. The summed E-state index contributed by atoms with van der Waals surface area (Å²) in [5.74, 6) is -1.06. The quantitative estimate of drug-likeness (QED) is 0.703. The van der Waals surface area contributed by atoms with Gasteiger partial charge >= 0.3 is 0 Å². The number of amides is 2. The predicted molar refractivity (Wildman–Crippen MR) is 106 cm³/mol. The van der Waals surface area contributed by atoms with Crippen LogP contribution in [0.4, 0.5) is 10.2 Å². The van der Waals surface area contributed by atoms with Gasteiger partial charge in [0, 0.05) is 19.7 Å². The predicted octanol–water partition coefficient (Wildman–Crippen LogP) is 1.78. The summed E-state index contributed by atoms with van der Waals surface area (Å²) >= 11 is 0. The maximum atomic E-state index is 13.3. The van der Waals surface area contributed by atoms with Gasteiger partial charge in [-0.2, -0.15) is 5.10 Å². The van der Waals surface area contributed by atoms with Crippen LogP contribution in [0.15, 0.2) is 30.3 Å². The minimum absolute atomic E-state index is 0.160. The lowest BCUT2D eigenvalue weighted by molar-refractivity contribution is -0.120. The maximum absolute atomic E-state index is 13.3. The van der Waals surface area contributed by atoms with Crippen LogP contribution in [0.3, 0.4) is 0 Å². The third-order valence-corrected chi connectivity index (χ3v) is 5.39. The smallest absolute Gasteiger partial charge is 0.288 e. The van der Waals surface area contributed by atoms with Crippen molar-refractivity contribution in [3.8, 4) is 0 Å². The third kappa shape index (κ3) is 3.34. The molecule has 4 rings (SSSR count). The first kappa shape index (κ1) is 19.7. The van der Waals surface area contributed by atoms with Crippen molar-refractivity contribution >= 4 is 17.6 Å². The van der Waals surface area contributed by atoms with Crippen LogP contribution in [0.5, 0.6) is 0 Å². The van der Waals surface area contributed by atoms with E-state index in [1.165, 1.54) is 16.8 Å². The summed E-state index contributed by atoms with van der Waals surface area (Å²) in [6.07, 6.45) is 0.435. The minimum Gasteiger partial charge on any atom is -0.363 e. The zero-order chi connectivity index (χ0) is 21.6. The Morgan fingerprint density at radius 2 is 1.97 bits per heavy atom. The van der Waals surface area contributed by atoms with E-state index in [-0.39, 0.29) is 23.6 Å². The molecular formula is C20H22FN7O2. The number of aromatic nitrogens is 5. The lowest BCUT2D eigenvalue weighted by Gasteiger charge is -2.21. The number of anilines is 1. The van der Waals surface area contributed by atoms with Crippen LogP contribution >= 0.6 is 0 Å². The second-order valence-electron chi connectivity index (χ2n) is 7.44. The fraction of sp³-hybridized carbons (Fsp3) is 0.350. The maximum Gasteiger partial charge on any atom is 0.288 e. The fourth-order valence-corrected chi connectivity index (χ4v) is 3.77. The van der Waals surface area contributed by atoms with Gasteiger partial charge in [-0.1, -0.05) is 12.1 Å². The van der Waals surface area contributed by atoms with Crippen molar-refractivity contribution < 1.29 is 14.0 Å². The summed E-state index contributed by atoms with van der Waals surface area (Å²) in [7, 11) is 1.69. The van der Waals surface area contributed by atoms with E-state index in [2.05, 4.69) is 15.2 Å². The molecule has 0 bridgehead atoms. The van der Waals surface area contributed by atoms with Crippen LogP contribution in [0.1, 0.15) is 53.0 Å². The standard InChI is InChI=1S/C20H22FN7O2/c1-11-10-16-26(3)20(30)15(8-9-27(16)24-11)19-23-18(17(22)29)25-28(19)12(2)13-4-6-14(21)7-5-13/h4-7,10,12,15H,8-9H2,1-3H3,(H2,22,29)/t12?,15-/m0/s1. The molecule has 0 fully saturated rings. The second-order valence-corrected chi connectivity index (χ2v) is 7.44. The Labute approximate surface area is 172 Å². The Bertz CT molecular complexity index is 1120. The molecule has 1 aliphatic heterocycles. The van der Waals surface area contributed by atoms with Crippen LogP contribution in [0.25, 0.3) is 0 Å². The van der Waals surface area contributed by atoms with E-state index in [1.54, 1.807) is 28.8 Å². The summed E-state index contributed by atoms with van der Waals surface area (Å²) in [4.78, 5) is 30.9. The van der Waals surface area contributed by atoms with E-state index in [0.29, 0.717) is 24.6 Å². The number of carbonyl (C=O) groups excluding carboxylic acids is 2. The van der Waals surface area contributed by atoms with E-state index in [1.807, 2.05) is 19.9 Å². The molecule has 0 radical (unpaired) electrons. The molecule has 9 nitrogen and oxygen atoms in total. The molecule has 30 heavy (non-hydrogen) atoms. The monoisotopic (exact) mass is 411 g/mol. The van der Waals surface area contributed by atoms with Crippen molar-refractivity contribution in [2.24, 2.45) is 5.73 Å². The molecule has 1 aromatic carbocycles. The molecule has 0 saturated heterocycles. The highest BCUT2D eigenvalue weighted by Crippen LogP contribution is 2.31. The highest BCUT2D eigenvalue weighted by Gasteiger charge is 2.35. The first-order chi connectivity index (χ1) is 14.3. The highest BCUT2D eigenvalue weighted by molar-refractivity contribution is 5.97. The summed E-state index contributed by atoms with van der Waals surface area (Å²) in [6.45, 7) is 4.22. The molecule has 10 heteroatoms. The van der Waals surface area contributed by atoms with Crippen LogP contribution < -0.4 is 10.6 Å². The molecule has 1 aliphatic rings. The zero-order valence-electron chi connectivity index (χ0n) is 16.9. The average molecular weight is 411 g/mol. The van der Waals surface area contributed by atoms with Crippen LogP contribution in [0.2, 0.25) is 0 Å². The van der Waals surface area contributed by atoms with E-state index in [4.69, 9.17) is 5.73 Å². The first-order valence-corrected chi connectivity index (χ1v) is 9.60. The molecule has 1 unspecified atom stereocenters. The first-order valence-electron chi connectivity index (χ1n) is 9.60. The van der Waals surface area contributed by atoms with E-state index >= 15 is 0 Å². The summed E-state index contributed by atoms with van der Waals surface area (Å²) < 4.78 is 16.7. The van der Waals surface area contributed by atoms with Gasteiger partial charge < -0.3 is 5.73 Å². The molecular weight excluding hydrogens is 389 g/mol. The Morgan fingerprint density at radius 1 is 1.27 bits per heavy atom. The molecule has 2 atom stereocenters. The molecule has 156 valence electrons. The van der Waals surface area contributed by atoms with Gasteiger partial charge in [-0.05, 0) is 38.0 Å². The average Bonchev–Trinajstić information content (AvgIpc) is 3.29. The second kappa shape index (κ2) is 7.36. The number of hydrogen-bond acceptors (Lipinski definition) is 5. The molecule has 0 saturated carbocycles. The molecule has 0 aliphatic carbocycles. The van der Waals surface area contributed by atoms with Gasteiger partial charge in [-0.15, -0.1) is 5.10 Å². The van der Waals surface area contributed by atoms with Gasteiger partial charge in [0.2, 0.25) is 11.7 Å². The Balaban J connectivity index is 1.76. The number of carbonyl (C=O) groups is 2. The van der Waals surface area contributed by atoms with Gasteiger partial charge in [-0.25, -0.2) is 18.7 Å². The summed E-state index contributed by atoms with van der Waals surface area (Å²) in [5, 5.41) is 8.71. The van der Waals surface area contributed by atoms with Crippen molar-refractivity contribution in [3.63, 3.8) is 0 Å². The number of aryl methyl sites for hydroxylation is 2. The number of benzene rings is 1. The molecule has 2 N–H and O–H groups in total. The number of fused-ring (bicyclic) bond motifs is 1. The van der Waals surface area contributed by atoms with Gasteiger partial charge in [-0.3, -0.25) is 14.5 Å². The minimum atomic E-state index is -0.778. The van der Waals surface area contributed by atoms with Gasteiger partial charge in [0.15, 0.2) is 0 Å². The van der Waals surface area contributed by atoms with E-state index < -0.39 is 11.8 Å². The number of nitrogens with two attached hydrogens (primary N) is 1. The number of likely N-dealkylation sites (N-methyl/N-ethyl adjacent to an activating group) is 1. The molecule has 3 heterocycles. The molecule has 0 spiro atoms. The van der Waals surface area contributed by atoms with Crippen molar-refractivity contribution in [2.45, 2.75) is 38.8 Å². The Hall–Kier alpha value is -3.56. The van der Waals surface area contributed by atoms with Crippen LogP contribution in [-0.4, -0.2) is 43.4 Å².